The predicted octanol–water partition coefficient (Wildman–Crippen LogP) is 4.62. The molecule has 0 saturated carbocycles. The molecule has 0 amide bonds. The molecule has 0 spiro atoms. The quantitative estimate of drug-likeness (QED) is 0.440. The minimum Gasteiger partial charge on any atom is -0.288 e. The Morgan fingerprint density at radius 3 is 2.06 bits per heavy atom. The van der Waals surface area contributed by atoms with E-state index in [1.165, 1.54) is 0 Å². The summed E-state index contributed by atoms with van der Waals surface area (Å²) in [6, 6.07) is 9.42. The molecule has 0 aliphatic heterocycles. The Morgan fingerprint density at radius 1 is 1.12 bits per heavy atom. The van der Waals surface area contributed by atoms with E-state index in [1.807, 2.05) is 37.3 Å². The molecule has 0 aliphatic rings. The van der Waals surface area contributed by atoms with Gasteiger partial charge in [0, 0.05) is 5.56 Å². The first-order valence-corrected chi connectivity index (χ1v) is 6.38. The molecule has 1 rings (SSSR count). The molecule has 0 radical (unpaired) electrons. The molecule has 1 nitrogen and oxygen atoms in total. The van der Waals surface area contributed by atoms with Crippen molar-refractivity contribution < 1.29 is 4.79 Å². The zero-order valence-electron chi connectivity index (χ0n) is 10.2. The van der Waals surface area contributed by atoms with Crippen molar-refractivity contribution in [2.45, 2.75) is 27.7 Å². The van der Waals surface area contributed by atoms with Gasteiger partial charge in [-0.15, -0.1) is 0 Å². The second kappa shape index (κ2) is 5.13. The molecule has 1 aromatic carbocycles. The van der Waals surface area contributed by atoms with Gasteiger partial charge in [0.15, 0.2) is 5.78 Å². The van der Waals surface area contributed by atoms with E-state index in [0.717, 1.165) is 14.7 Å². The molecule has 0 aliphatic carbocycles. The van der Waals surface area contributed by atoms with Gasteiger partial charge < -0.3 is 0 Å². The number of benzene rings is 1. The van der Waals surface area contributed by atoms with E-state index in [2.05, 4.69) is 43.4 Å². The van der Waals surface area contributed by atoms with Gasteiger partial charge in [0.05, 0.1) is 3.58 Å². The molecule has 0 bridgehead atoms. The van der Waals surface area contributed by atoms with Crippen LogP contribution in [0.2, 0.25) is 0 Å². The van der Waals surface area contributed by atoms with E-state index < -0.39 is 0 Å². The number of carbonyl (C=O) groups excluding carboxylic acids is 1. The van der Waals surface area contributed by atoms with Gasteiger partial charge in [0.1, 0.15) is 0 Å². The molecule has 0 fully saturated rings. The smallest absolute Gasteiger partial charge is 0.199 e. The summed E-state index contributed by atoms with van der Waals surface area (Å²) in [7, 11) is 0. The highest BCUT2D eigenvalue weighted by molar-refractivity contribution is 14.1. The molecule has 0 atom stereocenters. The predicted molar refractivity (Wildman–Crippen MR) is 76.9 cm³/mol. The van der Waals surface area contributed by atoms with Crippen LogP contribution in [0, 0.1) is 5.41 Å². The van der Waals surface area contributed by atoms with E-state index >= 15 is 0 Å². The minimum absolute atomic E-state index is 0.0426. The van der Waals surface area contributed by atoms with Crippen LogP contribution in [0.3, 0.4) is 0 Å². The first-order chi connectivity index (χ1) is 7.34. The van der Waals surface area contributed by atoms with Crippen molar-refractivity contribution in [1.82, 2.24) is 0 Å². The highest BCUT2D eigenvalue weighted by Gasteiger charge is 2.20. The largest absolute Gasteiger partial charge is 0.288 e. The van der Waals surface area contributed by atoms with Crippen molar-refractivity contribution in [3.05, 3.63) is 45.0 Å². The van der Waals surface area contributed by atoms with Crippen molar-refractivity contribution in [3.63, 3.8) is 0 Å². The lowest BCUT2D eigenvalue weighted by atomic mass is 9.86. The van der Waals surface area contributed by atoms with Gasteiger partial charge in [0.2, 0.25) is 0 Å². The fraction of sp³-hybridized carbons (Fsp3) is 0.357. The van der Waals surface area contributed by atoms with Gasteiger partial charge in [-0.2, -0.15) is 0 Å². The molecule has 0 saturated heterocycles. The Hall–Kier alpha value is -0.640. The number of halogens is 1. The van der Waals surface area contributed by atoms with Crippen molar-refractivity contribution in [1.29, 1.82) is 0 Å². The maximum absolute atomic E-state index is 12.2. The van der Waals surface area contributed by atoms with E-state index in [0.29, 0.717) is 0 Å². The Kier molecular flexibility index (Phi) is 4.30. The van der Waals surface area contributed by atoms with Crippen LogP contribution in [-0.2, 0) is 0 Å². The summed E-state index contributed by atoms with van der Waals surface area (Å²) in [6.07, 6.45) is 0. The number of Topliss-reactive ketones (excluding diaryl/α,β-unsaturated/α-hetero) is 1. The zero-order chi connectivity index (χ0) is 12.3. The van der Waals surface area contributed by atoms with Crippen molar-refractivity contribution in [2.75, 3.05) is 0 Å². The number of allylic oxidation sites excluding steroid dienone is 2. The van der Waals surface area contributed by atoms with Gasteiger partial charge in [0.25, 0.3) is 0 Å². The van der Waals surface area contributed by atoms with Crippen LogP contribution in [0.15, 0.2) is 39.5 Å². The number of ketones is 1. The summed E-state index contributed by atoms with van der Waals surface area (Å²) in [5, 5.41) is 0. The van der Waals surface area contributed by atoms with E-state index in [4.69, 9.17) is 0 Å². The van der Waals surface area contributed by atoms with Crippen LogP contribution in [0.5, 0.6) is 0 Å². The molecule has 0 aromatic heterocycles. The van der Waals surface area contributed by atoms with E-state index in [1.54, 1.807) is 0 Å². The van der Waals surface area contributed by atoms with Gasteiger partial charge in [-0.1, -0.05) is 56.7 Å². The SMILES string of the molecule is C/C(=C(\I)C(=O)c1ccccc1)C(C)(C)C. The van der Waals surface area contributed by atoms with Crippen LogP contribution < -0.4 is 0 Å². The molecule has 0 heterocycles. The fourth-order valence-electron chi connectivity index (χ4n) is 1.22. The average Bonchev–Trinajstić information content (AvgIpc) is 2.26. The third-order valence-corrected chi connectivity index (χ3v) is 3.99. The molecular formula is C14H17IO. The summed E-state index contributed by atoms with van der Waals surface area (Å²) in [5.74, 6) is 0.119. The number of carbonyl (C=O) groups is 1. The molecule has 2 heteroatoms. The molecule has 86 valence electrons. The third kappa shape index (κ3) is 3.17. The van der Waals surface area contributed by atoms with Crippen molar-refractivity contribution in [2.24, 2.45) is 5.41 Å². The molecule has 16 heavy (non-hydrogen) atoms. The normalized spacial score (nSPS) is 13.3. The Bertz CT molecular complexity index is 410. The monoisotopic (exact) mass is 328 g/mol. The van der Waals surface area contributed by atoms with Crippen LogP contribution in [0.1, 0.15) is 38.1 Å². The van der Waals surface area contributed by atoms with Crippen LogP contribution in [0.25, 0.3) is 0 Å². The molecular weight excluding hydrogens is 311 g/mol. The average molecular weight is 328 g/mol. The highest BCUT2D eigenvalue weighted by atomic mass is 127. The number of hydrogen-bond acceptors (Lipinski definition) is 1. The molecule has 0 unspecified atom stereocenters. The summed E-state index contributed by atoms with van der Waals surface area (Å²) in [6.45, 7) is 8.40. The van der Waals surface area contributed by atoms with Crippen molar-refractivity contribution >= 4 is 28.4 Å². The van der Waals surface area contributed by atoms with Gasteiger partial charge >= 0.3 is 0 Å². The van der Waals surface area contributed by atoms with Gasteiger partial charge in [-0.25, -0.2) is 0 Å². The third-order valence-electron chi connectivity index (χ3n) is 2.69. The summed E-state index contributed by atoms with van der Waals surface area (Å²) < 4.78 is 0.830. The first kappa shape index (κ1) is 13.4. The lowest BCUT2D eigenvalue weighted by molar-refractivity contribution is 0.104. The first-order valence-electron chi connectivity index (χ1n) is 5.30. The topological polar surface area (TPSA) is 17.1 Å². The van der Waals surface area contributed by atoms with Gasteiger partial charge in [-0.05, 0) is 34.9 Å². The second-order valence-electron chi connectivity index (χ2n) is 4.88. The number of hydrogen-bond donors (Lipinski definition) is 0. The fourth-order valence-corrected chi connectivity index (χ4v) is 2.34. The highest BCUT2D eigenvalue weighted by Crippen LogP contribution is 2.31. The summed E-state index contributed by atoms with van der Waals surface area (Å²) in [5.41, 5.74) is 1.94. The standard InChI is InChI=1S/C14H17IO/c1-10(14(2,3)4)12(15)13(16)11-8-6-5-7-9-11/h5-9H,1-4H3/b12-10+. The molecule has 0 N–H and O–H groups in total. The lowest BCUT2D eigenvalue weighted by Gasteiger charge is -2.21. The Morgan fingerprint density at radius 2 is 1.62 bits per heavy atom. The van der Waals surface area contributed by atoms with Crippen LogP contribution in [-0.4, -0.2) is 5.78 Å². The van der Waals surface area contributed by atoms with E-state index in [-0.39, 0.29) is 11.2 Å². The van der Waals surface area contributed by atoms with Crippen molar-refractivity contribution in [3.8, 4) is 0 Å². The lowest BCUT2D eigenvalue weighted by Crippen LogP contribution is -2.11. The maximum atomic E-state index is 12.2. The minimum atomic E-state index is 0.0426. The second-order valence-corrected chi connectivity index (χ2v) is 5.96. The Labute approximate surface area is 111 Å². The summed E-state index contributed by atoms with van der Waals surface area (Å²) in [4.78, 5) is 12.2. The molecule has 1 aromatic rings. The van der Waals surface area contributed by atoms with Crippen LogP contribution in [0.4, 0.5) is 0 Å². The Balaban J connectivity index is 3.09. The summed E-state index contributed by atoms with van der Waals surface area (Å²) >= 11 is 2.15. The zero-order valence-corrected chi connectivity index (χ0v) is 12.3. The van der Waals surface area contributed by atoms with Crippen LogP contribution >= 0.6 is 22.6 Å². The van der Waals surface area contributed by atoms with E-state index in [9.17, 15) is 4.79 Å². The number of rotatable bonds is 2. The van der Waals surface area contributed by atoms with Gasteiger partial charge in [-0.3, -0.25) is 4.79 Å². The maximum Gasteiger partial charge on any atom is 0.199 e.